The van der Waals surface area contributed by atoms with E-state index in [0.717, 1.165) is 6.54 Å². The van der Waals surface area contributed by atoms with Crippen LogP contribution in [0, 0.1) is 0 Å². The first-order valence-corrected chi connectivity index (χ1v) is 4.98. The monoisotopic (exact) mass is 223 g/mol. The van der Waals surface area contributed by atoms with Gasteiger partial charge < -0.3 is 15.6 Å². The highest BCUT2D eigenvalue weighted by Gasteiger charge is 2.09. The van der Waals surface area contributed by atoms with Gasteiger partial charge in [-0.1, -0.05) is 0 Å². The van der Waals surface area contributed by atoms with Gasteiger partial charge in [-0.3, -0.25) is 15.6 Å². The number of carbonyl (C=O) groups is 1. The van der Waals surface area contributed by atoms with Crippen LogP contribution in [0.3, 0.4) is 0 Å². The third-order valence-corrected chi connectivity index (χ3v) is 2.07. The minimum atomic E-state index is -0.155. The maximum atomic E-state index is 11.8. The predicted molar refractivity (Wildman–Crippen MR) is 62.9 cm³/mol. The summed E-state index contributed by atoms with van der Waals surface area (Å²) in [5.41, 5.74) is 3.46. The molecule has 1 heterocycles. The largest absolute Gasteiger partial charge is 0.351 e. The number of nitrogens with zero attached hydrogens (tertiary/aromatic N) is 2. The number of rotatable bonds is 5. The smallest absolute Gasteiger partial charge is 0.253 e. The van der Waals surface area contributed by atoms with Crippen molar-refractivity contribution in [3.8, 4) is 0 Å². The quantitative estimate of drug-likeness (QED) is 0.470. The molecule has 0 spiro atoms. The molecule has 0 saturated carbocycles. The fourth-order valence-corrected chi connectivity index (χ4v) is 1.20. The number of aromatic nitrogens is 1. The van der Waals surface area contributed by atoms with Gasteiger partial charge in [0, 0.05) is 19.3 Å². The van der Waals surface area contributed by atoms with Crippen LogP contribution in [0.15, 0.2) is 18.5 Å². The van der Waals surface area contributed by atoms with Gasteiger partial charge in [-0.05, 0) is 20.2 Å². The van der Waals surface area contributed by atoms with Crippen LogP contribution in [0.2, 0.25) is 0 Å². The zero-order chi connectivity index (χ0) is 12.0. The lowest BCUT2D eigenvalue weighted by atomic mass is 10.2. The normalized spacial score (nSPS) is 10.2. The van der Waals surface area contributed by atoms with Gasteiger partial charge in [0.1, 0.15) is 0 Å². The highest BCUT2D eigenvalue weighted by Crippen LogP contribution is 2.10. The summed E-state index contributed by atoms with van der Waals surface area (Å²) in [4.78, 5) is 17.6. The van der Waals surface area contributed by atoms with E-state index in [1.54, 1.807) is 12.3 Å². The third-order valence-electron chi connectivity index (χ3n) is 2.07. The zero-order valence-corrected chi connectivity index (χ0v) is 9.53. The Bertz CT molecular complexity index is 353. The molecular formula is C10H17N5O. The fourth-order valence-electron chi connectivity index (χ4n) is 1.20. The van der Waals surface area contributed by atoms with E-state index >= 15 is 0 Å². The van der Waals surface area contributed by atoms with Crippen molar-refractivity contribution in [1.29, 1.82) is 0 Å². The Labute approximate surface area is 94.8 Å². The van der Waals surface area contributed by atoms with Crippen molar-refractivity contribution in [1.82, 2.24) is 15.2 Å². The molecule has 0 aromatic carbocycles. The highest BCUT2D eigenvalue weighted by molar-refractivity contribution is 5.99. The maximum absolute atomic E-state index is 11.8. The summed E-state index contributed by atoms with van der Waals surface area (Å²) in [6.07, 6.45) is 3.07. The lowest BCUT2D eigenvalue weighted by molar-refractivity contribution is 0.0951. The number of carbonyl (C=O) groups excluding carboxylic acids is 1. The van der Waals surface area contributed by atoms with Gasteiger partial charge in [0.15, 0.2) is 0 Å². The Morgan fingerprint density at radius 3 is 2.94 bits per heavy atom. The van der Waals surface area contributed by atoms with Crippen LogP contribution >= 0.6 is 0 Å². The van der Waals surface area contributed by atoms with Crippen molar-refractivity contribution in [3.05, 3.63) is 24.0 Å². The van der Waals surface area contributed by atoms with Gasteiger partial charge in [-0.15, -0.1) is 0 Å². The van der Waals surface area contributed by atoms with Crippen LogP contribution < -0.4 is 16.6 Å². The minimum absolute atomic E-state index is 0.155. The average Bonchev–Trinajstić information content (AvgIpc) is 2.28. The molecule has 1 amide bonds. The molecule has 88 valence electrons. The van der Waals surface area contributed by atoms with Crippen LogP contribution in [0.5, 0.6) is 0 Å². The molecule has 0 unspecified atom stereocenters. The molecule has 0 saturated heterocycles. The molecule has 1 rings (SSSR count). The highest BCUT2D eigenvalue weighted by atomic mass is 16.1. The molecule has 1 aromatic heterocycles. The third kappa shape index (κ3) is 3.48. The maximum Gasteiger partial charge on any atom is 0.253 e. The number of nitrogen functional groups attached to an aromatic ring is 1. The van der Waals surface area contributed by atoms with Crippen LogP contribution in [0.25, 0.3) is 0 Å². The molecule has 4 N–H and O–H groups in total. The first kappa shape index (κ1) is 12.4. The Morgan fingerprint density at radius 2 is 2.31 bits per heavy atom. The van der Waals surface area contributed by atoms with Crippen molar-refractivity contribution in [3.63, 3.8) is 0 Å². The van der Waals surface area contributed by atoms with Gasteiger partial charge in [0.2, 0.25) is 0 Å². The molecule has 0 aliphatic rings. The number of pyridine rings is 1. The van der Waals surface area contributed by atoms with E-state index in [0.29, 0.717) is 17.8 Å². The second-order valence-corrected chi connectivity index (χ2v) is 3.62. The van der Waals surface area contributed by atoms with Gasteiger partial charge in [0.25, 0.3) is 5.91 Å². The van der Waals surface area contributed by atoms with Crippen molar-refractivity contribution < 1.29 is 4.79 Å². The standard InChI is InChI=1S/C10H17N5O/c1-15(2)6-5-13-10(16)8-3-4-12-7-9(8)14-11/h3-4,7,14H,5-6,11H2,1-2H3,(H,13,16). The number of nitrogens with one attached hydrogen (secondary N) is 2. The van der Waals surface area contributed by atoms with Gasteiger partial charge in [-0.2, -0.15) is 0 Å². The van der Waals surface area contributed by atoms with Crippen LogP contribution in [0.1, 0.15) is 10.4 Å². The molecule has 6 nitrogen and oxygen atoms in total. The first-order chi connectivity index (χ1) is 7.65. The predicted octanol–water partition coefficient (Wildman–Crippen LogP) is -0.341. The molecule has 0 fully saturated rings. The van der Waals surface area contributed by atoms with Crippen molar-refractivity contribution in [2.24, 2.45) is 5.84 Å². The van der Waals surface area contributed by atoms with E-state index < -0.39 is 0 Å². The minimum Gasteiger partial charge on any atom is -0.351 e. The summed E-state index contributed by atoms with van der Waals surface area (Å²) in [7, 11) is 3.90. The average molecular weight is 223 g/mol. The number of hydrogen-bond acceptors (Lipinski definition) is 5. The number of likely N-dealkylation sites (N-methyl/N-ethyl adjacent to an activating group) is 1. The van der Waals surface area contributed by atoms with Crippen molar-refractivity contribution in [2.45, 2.75) is 0 Å². The lowest BCUT2D eigenvalue weighted by Crippen LogP contribution is -2.32. The fraction of sp³-hybridized carbons (Fsp3) is 0.400. The molecule has 0 aliphatic carbocycles. The van der Waals surface area contributed by atoms with E-state index in [1.165, 1.54) is 6.20 Å². The summed E-state index contributed by atoms with van der Waals surface area (Å²) in [5.74, 6) is 5.13. The van der Waals surface area contributed by atoms with Crippen LogP contribution in [-0.2, 0) is 0 Å². The lowest BCUT2D eigenvalue weighted by Gasteiger charge is -2.11. The van der Waals surface area contributed by atoms with Crippen LogP contribution in [-0.4, -0.2) is 43.0 Å². The number of hydrazine groups is 1. The SMILES string of the molecule is CN(C)CCNC(=O)c1ccncc1NN. The Balaban J connectivity index is 2.59. The molecule has 6 heteroatoms. The van der Waals surface area contributed by atoms with E-state index in [4.69, 9.17) is 5.84 Å². The number of nitrogens with two attached hydrogens (primary N) is 1. The zero-order valence-electron chi connectivity index (χ0n) is 9.53. The van der Waals surface area contributed by atoms with E-state index in [9.17, 15) is 4.79 Å². The molecular weight excluding hydrogens is 206 g/mol. The summed E-state index contributed by atoms with van der Waals surface area (Å²) in [6.45, 7) is 1.39. The van der Waals surface area contributed by atoms with Crippen LogP contribution in [0.4, 0.5) is 5.69 Å². The van der Waals surface area contributed by atoms with Gasteiger partial charge in [-0.25, -0.2) is 0 Å². The summed E-state index contributed by atoms with van der Waals surface area (Å²) < 4.78 is 0. The molecule has 1 aromatic rings. The number of hydrogen-bond donors (Lipinski definition) is 3. The van der Waals surface area contributed by atoms with Crippen molar-refractivity contribution in [2.75, 3.05) is 32.6 Å². The Hall–Kier alpha value is -1.66. The summed E-state index contributed by atoms with van der Waals surface area (Å²) in [6, 6.07) is 1.63. The molecule has 16 heavy (non-hydrogen) atoms. The summed E-state index contributed by atoms with van der Waals surface area (Å²) >= 11 is 0. The second kappa shape index (κ2) is 6.04. The molecule has 0 bridgehead atoms. The van der Waals surface area contributed by atoms with E-state index in [1.807, 2.05) is 19.0 Å². The van der Waals surface area contributed by atoms with Gasteiger partial charge >= 0.3 is 0 Å². The van der Waals surface area contributed by atoms with E-state index in [-0.39, 0.29) is 5.91 Å². The van der Waals surface area contributed by atoms with Crippen molar-refractivity contribution >= 4 is 11.6 Å². The Kier molecular flexibility index (Phi) is 4.68. The molecule has 0 aliphatic heterocycles. The summed E-state index contributed by atoms with van der Waals surface area (Å²) in [5, 5.41) is 2.80. The number of anilines is 1. The first-order valence-electron chi connectivity index (χ1n) is 4.98. The topological polar surface area (TPSA) is 83.3 Å². The molecule has 0 radical (unpaired) electrons. The number of amides is 1. The van der Waals surface area contributed by atoms with Gasteiger partial charge in [0.05, 0.1) is 17.4 Å². The second-order valence-electron chi connectivity index (χ2n) is 3.62. The molecule has 0 atom stereocenters. The van der Waals surface area contributed by atoms with E-state index in [2.05, 4.69) is 15.7 Å². The Morgan fingerprint density at radius 1 is 1.56 bits per heavy atom.